The maximum atomic E-state index is 14.2. The number of benzene rings is 2. The first kappa shape index (κ1) is 27.7. The third kappa shape index (κ3) is 5.08. The van der Waals surface area contributed by atoms with Gasteiger partial charge in [0.1, 0.15) is 28.8 Å². The zero-order valence-electron chi connectivity index (χ0n) is 23.9. The predicted molar refractivity (Wildman–Crippen MR) is 164 cm³/mol. The Balaban J connectivity index is 1.34. The number of aromatic hydroxyl groups is 1. The van der Waals surface area contributed by atoms with E-state index in [-0.39, 0.29) is 24.6 Å². The smallest absolute Gasteiger partial charge is 0.254 e. The fourth-order valence-corrected chi connectivity index (χ4v) is 6.41. The molecule has 1 saturated carbocycles. The van der Waals surface area contributed by atoms with Crippen molar-refractivity contribution in [1.29, 1.82) is 0 Å². The summed E-state index contributed by atoms with van der Waals surface area (Å²) in [5, 5.41) is 11.5. The number of halogens is 2. The van der Waals surface area contributed by atoms with Gasteiger partial charge >= 0.3 is 0 Å². The molecule has 2 aliphatic rings. The molecule has 0 unspecified atom stereocenters. The number of phenolic OH excluding ortho intramolecular Hbond substituents is 1. The van der Waals surface area contributed by atoms with E-state index in [1.54, 1.807) is 31.4 Å². The van der Waals surface area contributed by atoms with Crippen LogP contribution in [0.5, 0.6) is 11.5 Å². The number of nitrogens with two attached hydrogens (primary N) is 1. The van der Waals surface area contributed by atoms with Gasteiger partial charge in [-0.3, -0.25) is 4.79 Å². The van der Waals surface area contributed by atoms with Crippen LogP contribution in [0.2, 0.25) is 5.02 Å². The van der Waals surface area contributed by atoms with Crippen LogP contribution in [0, 0.1) is 5.92 Å². The summed E-state index contributed by atoms with van der Waals surface area (Å²) in [6, 6.07) is 14.0. The first-order valence-electron chi connectivity index (χ1n) is 14.4. The van der Waals surface area contributed by atoms with Gasteiger partial charge in [-0.05, 0) is 73.7 Å². The second kappa shape index (κ2) is 10.5. The summed E-state index contributed by atoms with van der Waals surface area (Å²) in [7, 11) is 3.49. The van der Waals surface area contributed by atoms with Crippen molar-refractivity contribution in [2.45, 2.75) is 38.0 Å². The second-order valence-electron chi connectivity index (χ2n) is 11.7. The van der Waals surface area contributed by atoms with Crippen molar-refractivity contribution in [3.8, 4) is 34.3 Å². The molecule has 1 aliphatic heterocycles. The van der Waals surface area contributed by atoms with Crippen LogP contribution in [-0.4, -0.2) is 67.4 Å². The molecule has 1 aliphatic carbocycles. The second-order valence-corrected chi connectivity index (χ2v) is 12.2. The number of alkyl halides is 1. The number of rotatable bonds is 6. The highest BCUT2D eigenvalue weighted by Crippen LogP contribution is 2.38. The Labute approximate surface area is 252 Å². The van der Waals surface area contributed by atoms with Crippen molar-refractivity contribution in [2.24, 2.45) is 18.7 Å². The largest absolute Gasteiger partial charge is 0.508 e. The number of amides is 1. The van der Waals surface area contributed by atoms with Gasteiger partial charge in [0, 0.05) is 47.7 Å². The minimum Gasteiger partial charge on any atom is -0.508 e. The number of fused-ring (bicyclic) bond motifs is 2. The van der Waals surface area contributed by atoms with E-state index in [1.807, 2.05) is 23.7 Å². The molecule has 2 fully saturated rings. The Morgan fingerprint density at radius 3 is 2.67 bits per heavy atom. The molecule has 2 atom stereocenters. The number of methoxy groups -OCH3 is 1. The van der Waals surface area contributed by atoms with Gasteiger partial charge in [-0.2, -0.15) is 0 Å². The Morgan fingerprint density at radius 2 is 1.95 bits per heavy atom. The molecule has 7 rings (SSSR count). The molecule has 43 heavy (non-hydrogen) atoms. The van der Waals surface area contributed by atoms with E-state index >= 15 is 0 Å². The summed E-state index contributed by atoms with van der Waals surface area (Å²) in [4.78, 5) is 24.9. The van der Waals surface area contributed by atoms with E-state index in [0.717, 1.165) is 47.2 Å². The fraction of sp³-hybridized carbons (Fsp3) is 0.344. The number of hydrogen-bond acceptors (Lipinski definition) is 6. The number of imidazole rings is 1. The van der Waals surface area contributed by atoms with Crippen molar-refractivity contribution in [3.05, 3.63) is 59.1 Å². The molecule has 3 aromatic heterocycles. The van der Waals surface area contributed by atoms with Crippen molar-refractivity contribution < 1.29 is 19.0 Å². The third-order valence-electron chi connectivity index (χ3n) is 8.41. The standard InChI is InChI=1S/C32H32ClFN6O3/c1-38-29-26(9-20(11-28(29)43-2)32(42)39-15-22(34)13-23(35)16-39)37-31(38)27-10-18-5-6-25(19-7-21(33)12-24(41)8-19)36-30(18)40(27)14-17-3-4-17/h5-12,17,22-23,41H,3-4,13-16,35H2,1-2H3/t22-,23-/m1/s1. The third-order valence-corrected chi connectivity index (χ3v) is 8.63. The summed E-state index contributed by atoms with van der Waals surface area (Å²) in [6.45, 7) is 1.11. The van der Waals surface area contributed by atoms with Gasteiger partial charge in [-0.15, -0.1) is 0 Å². The molecule has 9 nitrogen and oxygen atoms in total. The molecule has 222 valence electrons. The lowest BCUT2D eigenvalue weighted by molar-refractivity contribution is 0.0606. The van der Waals surface area contributed by atoms with E-state index in [4.69, 9.17) is 32.0 Å². The number of ether oxygens (including phenoxy) is 1. The zero-order valence-corrected chi connectivity index (χ0v) is 24.7. The first-order valence-corrected chi connectivity index (χ1v) is 14.8. The number of phenols is 1. The highest BCUT2D eigenvalue weighted by Gasteiger charge is 2.30. The molecule has 0 radical (unpaired) electrons. The Kier molecular flexibility index (Phi) is 6.78. The van der Waals surface area contributed by atoms with Gasteiger partial charge in [-0.25, -0.2) is 14.4 Å². The number of carbonyl (C=O) groups excluding carboxylic acids is 1. The zero-order chi connectivity index (χ0) is 30.0. The van der Waals surface area contributed by atoms with Gasteiger partial charge < -0.3 is 29.6 Å². The van der Waals surface area contributed by atoms with Gasteiger partial charge in [0.25, 0.3) is 5.91 Å². The maximum absolute atomic E-state index is 14.2. The number of nitrogens with zero attached hydrogens (tertiary/aromatic N) is 5. The van der Waals surface area contributed by atoms with Crippen LogP contribution in [0.3, 0.4) is 0 Å². The molecule has 4 heterocycles. The quantitative estimate of drug-likeness (QED) is 0.264. The Bertz CT molecular complexity index is 1870. The first-order chi connectivity index (χ1) is 20.7. The van der Waals surface area contributed by atoms with Gasteiger partial charge in [0.05, 0.1) is 30.6 Å². The number of aryl methyl sites for hydroxylation is 1. The normalized spacial score (nSPS) is 19.0. The molecule has 1 amide bonds. The van der Waals surface area contributed by atoms with Crippen molar-refractivity contribution in [3.63, 3.8) is 0 Å². The van der Waals surface area contributed by atoms with Crippen molar-refractivity contribution in [1.82, 2.24) is 24.0 Å². The van der Waals surface area contributed by atoms with E-state index in [2.05, 4.69) is 10.6 Å². The van der Waals surface area contributed by atoms with Crippen LogP contribution in [0.25, 0.3) is 44.8 Å². The summed E-state index contributed by atoms with van der Waals surface area (Å²) in [5.41, 5.74) is 10.9. The summed E-state index contributed by atoms with van der Waals surface area (Å²) in [6.07, 6.45) is 1.42. The van der Waals surface area contributed by atoms with Crippen LogP contribution in [0.4, 0.5) is 4.39 Å². The van der Waals surface area contributed by atoms with Crippen LogP contribution >= 0.6 is 11.6 Å². The molecule has 2 aromatic carbocycles. The van der Waals surface area contributed by atoms with Crippen LogP contribution < -0.4 is 10.5 Å². The SMILES string of the molecule is COc1cc(C(=O)N2C[C@H](N)C[C@@H](F)C2)cc2nc(-c3cc4ccc(-c5cc(O)cc(Cl)c5)nc4n3CC3CC3)n(C)c12. The van der Waals surface area contributed by atoms with Gasteiger partial charge in [-0.1, -0.05) is 11.6 Å². The number of hydrogen-bond donors (Lipinski definition) is 2. The average Bonchev–Trinajstić information content (AvgIpc) is 3.64. The summed E-state index contributed by atoms with van der Waals surface area (Å²) in [5.74, 6) is 1.56. The number of pyridine rings is 1. The molecular formula is C32H32ClFN6O3. The lowest BCUT2D eigenvalue weighted by Gasteiger charge is -2.33. The highest BCUT2D eigenvalue weighted by atomic mass is 35.5. The van der Waals surface area contributed by atoms with Crippen LogP contribution in [-0.2, 0) is 13.6 Å². The van der Waals surface area contributed by atoms with E-state index in [1.165, 1.54) is 11.0 Å². The van der Waals surface area contributed by atoms with Crippen molar-refractivity contribution >= 4 is 39.6 Å². The minimum absolute atomic E-state index is 0.0193. The number of likely N-dealkylation sites (tertiary alicyclic amines) is 1. The number of carbonyl (C=O) groups is 1. The lowest BCUT2D eigenvalue weighted by Crippen LogP contribution is -2.50. The van der Waals surface area contributed by atoms with Gasteiger partial charge in [0.2, 0.25) is 0 Å². The van der Waals surface area contributed by atoms with E-state index < -0.39 is 12.2 Å². The Morgan fingerprint density at radius 1 is 1.14 bits per heavy atom. The number of piperidine rings is 1. The average molecular weight is 603 g/mol. The lowest BCUT2D eigenvalue weighted by atomic mass is 10.0. The molecular weight excluding hydrogens is 571 g/mol. The molecule has 0 spiro atoms. The molecule has 1 saturated heterocycles. The molecule has 0 bridgehead atoms. The highest BCUT2D eigenvalue weighted by molar-refractivity contribution is 6.31. The van der Waals surface area contributed by atoms with E-state index in [9.17, 15) is 14.3 Å². The minimum atomic E-state index is -1.15. The topological polar surface area (TPSA) is 111 Å². The van der Waals surface area contributed by atoms with Crippen molar-refractivity contribution in [2.75, 3.05) is 20.2 Å². The monoisotopic (exact) mass is 602 g/mol. The number of aromatic nitrogens is 4. The van der Waals surface area contributed by atoms with Crippen LogP contribution in [0.15, 0.2) is 48.5 Å². The van der Waals surface area contributed by atoms with E-state index in [0.29, 0.717) is 45.8 Å². The molecule has 3 N–H and O–H groups in total. The summed E-state index contributed by atoms with van der Waals surface area (Å²) < 4.78 is 24.2. The summed E-state index contributed by atoms with van der Waals surface area (Å²) >= 11 is 6.22. The maximum Gasteiger partial charge on any atom is 0.254 e. The fourth-order valence-electron chi connectivity index (χ4n) is 6.18. The molecule has 5 aromatic rings. The molecule has 11 heteroatoms. The Hall–Kier alpha value is -4.15. The van der Waals surface area contributed by atoms with Gasteiger partial charge in [0.15, 0.2) is 5.82 Å². The van der Waals surface area contributed by atoms with Crippen LogP contribution in [0.1, 0.15) is 29.6 Å². The predicted octanol–water partition coefficient (Wildman–Crippen LogP) is 5.55.